The van der Waals surface area contributed by atoms with Gasteiger partial charge in [-0.2, -0.15) is 0 Å². The van der Waals surface area contributed by atoms with Crippen molar-refractivity contribution in [2.24, 2.45) is 0 Å². The highest BCUT2D eigenvalue weighted by Crippen LogP contribution is 2.21. The highest BCUT2D eigenvalue weighted by Gasteiger charge is 2.23. The van der Waals surface area contributed by atoms with Gasteiger partial charge in [0, 0.05) is 34.7 Å². The summed E-state index contributed by atoms with van der Waals surface area (Å²) in [6, 6.07) is 2.01. The Bertz CT molecular complexity index is 461. The molecule has 0 saturated carbocycles. The molecule has 6 heteroatoms. The summed E-state index contributed by atoms with van der Waals surface area (Å²) in [7, 11) is 1.77. The minimum absolute atomic E-state index is 0.00484. The molecule has 1 aromatic heterocycles. The van der Waals surface area contributed by atoms with Gasteiger partial charge in [-0.1, -0.05) is 0 Å². The van der Waals surface area contributed by atoms with Crippen molar-refractivity contribution >= 4 is 39.1 Å². The first-order valence-corrected chi connectivity index (χ1v) is 7.48. The number of hydrogen-bond donors (Lipinski definition) is 0. The van der Waals surface area contributed by atoms with E-state index in [4.69, 9.17) is 0 Å². The van der Waals surface area contributed by atoms with E-state index < -0.39 is 0 Å². The van der Waals surface area contributed by atoms with Gasteiger partial charge in [-0.25, -0.2) is 0 Å². The number of hydrogen-bond acceptors (Lipinski definition) is 3. The molecule has 1 aliphatic rings. The lowest BCUT2D eigenvalue weighted by atomic mass is 10.4. The molecule has 2 amide bonds. The van der Waals surface area contributed by atoms with Gasteiger partial charge in [0.25, 0.3) is 0 Å². The number of rotatable bonds is 4. The topological polar surface area (TPSA) is 40.6 Å². The normalized spacial score (nSPS) is 15.2. The summed E-state index contributed by atoms with van der Waals surface area (Å²) >= 11 is 5.01. The molecule has 1 saturated heterocycles. The number of likely N-dealkylation sites (N-methyl/N-ethyl adjacent to an activating group) is 1. The van der Waals surface area contributed by atoms with Crippen LogP contribution in [-0.2, 0) is 16.1 Å². The Labute approximate surface area is 119 Å². The Morgan fingerprint density at radius 3 is 2.94 bits per heavy atom. The van der Waals surface area contributed by atoms with E-state index in [2.05, 4.69) is 15.9 Å². The average Bonchev–Trinajstić information content (AvgIpc) is 2.89. The first kappa shape index (κ1) is 13.5. The van der Waals surface area contributed by atoms with Crippen LogP contribution in [0.1, 0.15) is 17.7 Å². The molecule has 0 spiro atoms. The second kappa shape index (κ2) is 5.84. The Hall–Kier alpha value is -0.880. The summed E-state index contributed by atoms with van der Waals surface area (Å²) in [4.78, 5) is 27.9. The Balaban J connectivity index is 1.86. The Kier molecular flexibility index (Phi) is 4.40. The summed E-state index contributed by atoms with van der Waals surface area (Å²) in [5.41, 5.74) is 0. The number of carbonyl (C=O) groups excluding carboxylic acids is 2. The quantitative estimate of drug-likeness (QED) is 0.848. The van der Waals surface area contributed by atoms with E-state index in [0.29, 0.717) is 19.5 Å². The highest BCUT2D eigenvalue weighted by atomic mass is 79.9. The van der Waals surface area contributed by atoms with Crippen LogP contribution in [0.4, 0.5) is 0 Å². The molecule has 2 heterocycles. The molecule has 4 nitrogen and oxygen atoms in total. The van der Waals surface area contributed by atoms with E-state index in [9.17, 15) is 9.59 Å². The molecule has 0 aromatic carbocycles. The average molecular weight is 331 g/mol. The van der Waals surface area contributed by atoms with E-state index in [0.717, 1.165) is 15.8 Å². The zero-order valence-corrected chi connectivity index (χ0v) is 12.6. The van der Waals surface area contributed by atoms with Gasteiger partial charge in [0.1, 0.15) is 0 Å². The lowest BCUT2D eigenvalue weighted by Gasteiger charge is -2.21. The standard InChI is InChI=1S/C12H15BrN2O2S/c1-14(6-10-5-9(13)8-18-10)12(17)7-15-4-2-3-11(15)16/h5,8H,2-4,6-7H2,1H3. The zero-order valence-electron chi connectivity index (χ0n) is 10.2. The summed E-state index contributed by atoms with van der Waals surface area (Å²) in [6.07, 6.45) is 1.45. The fourth-order valence-corrected chi connectivity index (χ4v) is 3.42. The van der Waals surface area contributed by atoms with Crippen molar-refractivity contribution in [3.05, 3.63) is 20.8 Å². The van der Waals surface area contributed by atoms with Crippen LogP contribution in [0.25, 0.3) is 0 Å². The number of thiophene rings is 1. The van der Waals surface area contributed by atoms with Crippen molar-refractivity contribution in [2.45, 2.75) is 19.4 Å². The van der Waals surface area contributed by atoms with Gasteiger partial charge in [-0.3, -0.25) is 9.59 Å². The smallest absolute Gasteiger partial charge is 0.242 e. The van der Waals surface area contributed by atoms with Crippen LogP contribution in [0.15, 0.2) is 15.9 Å². The molecule has 18 heavy (non-hydrogen) atoms. The molecule has 0 aliphatic carbocycles. The predicted octanol–water partition coefficient (Wildman–Crippen LogP) is 2.09. The molecule has 1 aliphatic heterocycles. The molecule has 1 fully saturated rings. The van der Waals surface area contributed by atoms with E-state index in [1.54, 1.807) is 28.2 Å². The largest absolute Gasteiger partial charge is 0.339 e. The summed E-state index contributed by atoms with van der Waals surface area (Å²) in [6.45, 7) is 1.52. The van der Waals surface area contributed by atoms with Gasteiger partial charge in [-0.05, 0) is 28.4 Å². The van der Waals surface area contributed by atoms with Crippen LogP contribution in [-0.4, -0.2) is 41.8 Å². The van der Waals surface area contributed by atoms with Crippen LogP contribution in [0.2, 0.25) is 0 Å². The Morgan fingerprint density at radius 2 is 2.39 bits per heavy atom. The molecule has 0 N–H and O–H groups in total. The van der Waals surface area contributed by atoms with Crippen molar-refractivity contribution in [3.8, 4) is 0 Å². The maximum absolute atomic E-state index is 12.0. The van der Waals surface area contributed by atoms with E-state index in [1.165, 1.54) is 0 Å². The number of halogens is 1. The summed E-state index contributed by atoms with van der Waals surface area (Å²) < 4.78 is 1.04. The van der Waals surface area contributed by atoms with Crippen LogP contribution in [0.3, 0.4) is 0 Å². The van der Waals surface area contributed by atoms with Gasteiger partial charge < -0.3 is 9.80 Å². The third-order valence-electron chi connectivity index (χ3n) is 2.94. The summed E-state index contributed by atoms with van der Waals surface area (Å²) in [5.74, 6) is 0.0883. The highest BCUT2D eigenvalue weighted by molar-refractivity contribution is 9.10. The van der Waals surface area contributed by atoms with Gasteiger partial charge in [-0.15, -0.1) is 11.3 Å². The first-order chi connectivity index (χ1) is 8.56. The molecule has 0 bridgehead atoms. The lowest BCUT2D eigenvalue weighted by molar-refractivity contribution is -0.137. The minimum atomic E-state index is -0.00484. The van der Waals surface area contributed by atoms with Crippen LogP contribution < -0.4 is 0 Å². The lowest BCUT2D eigenvalue weighted by Crippen LogP contribution is -2.38. The van der Waals surface area contributed by atoms with Crippen molar-refractivity contribution in [2.75, 3.05) is 20.1 Å². The number of nitrogens with zero attached hydrogens (tertiary/aromatic N) is 2. The molecule has 0 atom stereocenters. The fraction of sp³-hybridized carbons (Fsp3) is 0.500. The number of carbonyl (C=O) groups is 2. The molecule has 0 radical (unpaired) electrons. The molecule has 2 rings (SSSR count). The number of amides is 2. The molecular weight excluding hydrogens is 316 g/mol. The molecule has 1 aromatic rings. The monoisotopic (exact) mass is 330 g/mol. The third-order valence-corrected chi connectivity index (χ3v) is 4.62. The zero-order chi connectivity index (χ0) is 13.1. The predicted molar refractivity (Wildman–Crippen MR) is 74.3 cm³/mol. The van der Waals surface area contributed by atoms with Crippen molar-refractivity contribution in [1.29, 1.82) is 0 Å². The summed E-state index contributed by atoms with van der Waals surface area (Å²) in [5, 5.41) is 2.00. The fourth-order valence-electron chi connectivity index (χ4n) is 1.91. The maximum Gasteiger partial charge on any atom is 0.242 e. The van der Waals surface area contributed by atoms with E-state index >= 15 is 0 Å². The van der Waals surface area contributed by atoms with Gasteiger partial charge in [0.05, 0.1) is 13.1 Å². The number of likely N-dealkylation sites (tertiary alicyclic amines) is 1. The van der Waals surface area contributed by atoms with Gasteiger partial charge in [0.2, 0.25) is 11.8 Å². The molecule has 98 valence electrons. The van der Waals surface area contributed by atoms with Gasteiger partial charge >= 0.3 is 0 Å². The first-order valence-electron chi connectivity index (χ1n) is 5.81. The van der Waals surface area contributed by atoms with Crippen molar-refractivity contribution in [3.63, 3.8) is 0 Å². The Morgan fingerprint density at radius 1 is 1.61 bits per heavy atom. The molecular formula is C12H15BrN2O2S. The van der Waals surface area contributed by atoms with Crippen molar-refractivity contribution in [1.82, 2.24) is 9.80 Å². The molecule has 0 unspecified atom stereocenters. The van der Waals surface area contributed by atoms with E-state index in [1.807, 2.05) is 11.4 Å². The van der Waals surface area contributed by atoms with Gasteiger partial charge in [0.15, 0.2) is 0 Å². The van der Waals surface area contributed by atoms with Crippen LogP contribution in [0, 0.1) is 0 Å². The van der Waals surface area contributed by atoms with Crippen LogP contribution in [0.5, 0.6) is 0 Å². The minimum Gasteiger partial charge on any atom is -0.339 e. The maximum atomic E-state index is 12.0. The third kappa shape index (κ3) is 3.32. The second-order valence-corrected chi connectivity index (χ2v) is 6.31. The van der Waals surface area contributed by atoms with Crippen LogP contribution >= 0.6 is 27.3 Å². The van der Waals surface area contributed by atoms with Crippen molar-refractivity contribution < 1.29 is 9.59 Å². The SMILES string of the molecule is CN(Cc1cc(Br)cs1)C(=O)CN1CCCC1=O. The van der Waals surface area contributed by atoms with E-state index in [-0.39, 0.29) is 18.4 Å². The second-order valence-electron chi connectivity index (χ2n) is 4.40.